The predicted octanol–water partition coefficient (Wildman–Crippen LogP) is 0.746. The molecular formula is C12H17NO4S. The van der Waals surface area contributed by atoms with Crippen LogP contribution in [0.3, 0.4) is 0 Å². The van der Waals surface area contributed by atoms with Crippen molar-refractivity contribution in [2.75, 3.05) is 19.8 Å². The van der Waals surface area contributed by atoms with Crippen LogP contribution in [0.25, 0.3) is 0 Å². The lowest BCUT2D eigenvalue weighted by molar-refractivity contribution is 0.201. The van der Waals surface area contributed by atoms with Crippen molar-refractivity contribution in [3.63, 3.8) is 0 Å². The number of benzene rings is 1. The lowest BCUT2D eigenvalue weighted by Crippen LogP contribution is -2.25. The zero-order chi connectivity index (χ0) is 13.0. The molecule has 0 amide bonds. The summed E-state index contributed by atoms with van der Waals surface area (Å²) in [6.45, 7) is 0.653. The molecular weight excluding hydrogens is 254 g/mol. The van der Waals surface area contributed by atoms with E-state index in [1.165, 1.54) is 12.1 Å². The third kappa shape index (κ3) is 3.69. The van der Waals surface area contributed by atoms with Crippen LogP contribution in [0.15, 0.2) is 29.2 Å². The van der Waals surface area contributed by atoms with Gasteiger partial charge in [0, 0.05) is 6.54 Å². The fourth-order valence-electron chi connectivity index (χ4n) is 1.51. The Morgan fingerprint density at radius 1 is 1.28 bits per heavy atom. The molecule has 2 rings (SSSR count). The summed E-state index contributed by atoms with van der Waals surface area (Å²) >= 11 is 0. The number of aliphatic hydroxyl groups is 1. The van der Waals surface area contributed by atoms with Crippen LogP contribution in [0.2, 0.25) is 0 Å². The second-order valence-electron chi connectivity index (χ2n) is 4.34. The summed E-state index contributed by atoms with van der Waals surface area (Å²) in [5.41, 5.74) is 0. The molecule has 1 aromatic rings. The van der Waals surface area contributed by atoms with Crippen molar-refractivity contribution in [3.8, 4) is 5.75 Å². The quantitative estimate of drug-likeness (QED) is 0.767. The van der Waals surface area contributed by atoms with Crippen LogP contribution < -0.4 is 9.46 Å². The van der Waals surface area contributed by atoms with Crippen LogP contribution in [-0.2, 0) is 10.0 Å². The summed E-state index contributed by atoms with van der Waals surface area (Å²) in [6, 6.07) is 6.17. The lowest BCUT2D eigenvalue weighted by Gasteiger charge is -2.07. The first-order valence-corrected chi connectivity index (χ1v) is 7.43. The molecule has 0 aliphatic heterocycles. The highest BCUT2D eigenvalue weighted by Crippen LogP contribution is 2.28. The Morgan fingerprint density at radius 3 is 2.50 bits per heavy atom. The Morgan fingerprint density at radius 2 is 1.94 bits per heavy atom. The van der Waals surface area contributed by atoms with Gasteiger partial charge in [0.2, 0.25) is 10.0 Å². The normalized spacial score (nSPS) is 15.6. The minimum atomic E-state index is -3.41. The molecule has 0 unspecified atom stereocenters. The van der Waals surface area contributed by atoms with Gasteiger partial charge in [0.05, 0.1) is 11.5 Å². The first-order chi connectivity index (χ1) is 8.62. The molecule has 0 spiro atoms. The maximum atomic E-state index is 11.9. The topological polar surface area (TPSA) is 75.6 Å². The van der Waals surface area contributed by atoms with Gasteiger partial charge in [-0.1, -0.05) is 0 Å². The second kappa shape index (κ2) is 5.69. The Balaban J connectivity index is 1.98. The van der Waals surface area contributed by atoms with Crippen molar-refractivity contribution in [1.29, 1.82) is 0 Å². The second-order valence-corrected chi connectivity index (χ2v) is 6.11. The molecule has 0 bridgehead atoms. The fraction of sp³-hybridized carbons (Fsp3) is 0.500. The van der Waals surface area contributed by atoms with Gasteiger partial charge in [0.25, 0.3) is 0 Å². The number of sulfonamides is 1. The summed E-state index contributed by atoms with van der Waals surface area (Å²) in [5.74, 6) is 1.05. The van der Waals surface area contributed by atoms with Gasteiger partial charge in [-0.25, -0.2) is 13.1 Å². The number of rotatable bonds is 7. The van der Waals surface area contributed by atoms with E-state index in [4.69, 9.17) is 9.84 Å². The van der Waals surface area contributed by atoms with Crippen LogP contribution in [0.1, 0.15) is 12.8 Å². The summed E-state index contributed by atoms with van der Waals surface area (Å²) in [6.07, 6.45) is 2.22. The molecule has 1 fully saturated rings. The molecule has 1 aliphatic carbocycles. The number of aliphatic hydroxyl groups excluding tert-OH is 1. The van der Waals surface area contributed by atoms with Crippen LogP contribution in [0.4, 0.5) is 0 Å². The lowest BCUT2D eigenvalue weighted by atomic mass is 10.3. The van der Waals surface area contributed by atoms with Gasteiger partial charge in [-0.15, -0.1) is 0 Å². The van der Waals surface area contributed by atoms with Crippen molar-refractivity contribution < 1.29 is 18.3 Å². The number of nitrogens with one attached hydrogen (secondary N) is 1. The van der Waals surface area contributed by atoms with Gasteiger partial charge in [-0.3, -0.25) is 0 Å². The van der Waals surface area contributed by atoms with E-state index < -0.39 is 10.0 Å². The Hall–Kier alpha value is -1.11. The zero-order valence-electron chi connectivity index (χ0n) is 10.0. The Bertz CT molecular complexity index is 479. The van der Waals surface area contributed by atoms with Crippen molar-refractivity contribution in [3.05, 3.63) is 24.3 Å². The van der Waals surface area contributed by atoms with Crippen LogP contribution in [0.5, 0.6) is 5.75 Å². The largest absolute Gasteiger partial charge is 0.491 e. The van der Waals surface area contributed by atoms with Crippen LogP contribution in [-0.4, -0.2) is 33.3 Å². The van der Waals surface area contributed by atoms with Crippen LogP contribution >= 0.6 is 0 Å². The maximum Gasteiger partial charge on any atom is 0.240 e. The van der Waals surface area contributed by atoms with E-state index in [1.54, 1.807) is 12.1 Å². The third-order valence-electron chi connectivity index (χ3n) is 2.75. The monoisotopic (exact) mass is 271 g/mol. The minimum Gasteiger partial charge on any atom is -0.491 e. The Labute approximate surface area is 107 Å². The number of ether oxygens (including phenoxy) is 1. The minimum absolute atomic E-state index is 0.0665. The molecule has 100 valence electrons. The summed E-state index contributed by atoms with van der Waals surface area (Å²) in [5, 5.41) is 8.61. The highest BCUT2D eigenvalue weighted by Gasteiger charge is 2.24. The molecule has 18 heavy (non-hydrogen) atoms. The summed E-state index contributed by atoms with van der Waals surface area (Å²) in [4.78, 5) is 0.236. The van der Waals surface area contributed by atoms with E-state index >= 15 is 0 Å². The average Bonchev–Trinajstić information content (AvgIpc) is 3.19. The van der Waals surface area contributed by atoms with Crippen molar-refractivity contribution in [2.45, 2.75) is 17.7 Å². The molecule has 0 atom stereocenters. The van der Waals surface area contributed by atoms with Gasteiger partial charge < -0.3 is 9.84 Å². The molecule has 0 heterocycles. The fourth-order valence-corrected chi connectivity index (χ4v) is 2.63. The standard InChI is InChI=1S/C12H17NO4S/c14-7-8-17-11-3-5-12(6-4-11)18(15,16)13-9-10-1-2-10/h3-6,10,13-14H,1-2,7-9H2. The molecule has 0 radical (unpaired) electrons. The van der Waals surface area contributed by atoms with Gasteiger partial charge in [0.1, 0.15) is 12.4 Å². The molecule has 0 saturated heterocycles. The summed E-state index contributed by atoms with van der Waals surface area (Å²) < 4.78 is 31.6. The molecule has 1 aliphatic rings. The molecule has 5 nitrogen and oxygen atoms in total. The number of hydrogen-bond acceptors (Lipinski definition) is 4. The highest BCUT2D eigenvalue weighted by molar-refractivity contribution is 7.89. The molecule has 6 heteroatoms. The van der Waals surface area contributed by atoms with Crippen molar-refractivity contribution >= 4 is 10.0 Å². The third-order valence-corrected chi connectivity index (χ3v) is 4.19. The van der Waals surface area contributed by atoms with E-state index in [-0.39, 0.29) is 18.1 Å². The molecule has 1 saturated carbocycles. The van der Waals surface area contributed by atoms with Gasteiger partial charge in [0.15, 0.2) is 0 Å². The van der Waals surface area contributed by atoms with Gasteiger partial charge in [-0.05, 0) is 43.0 Å². The highest BCUT2D eigenvalue weighted by atomic mass is 32.2. The molecule has 0 aromatic heterocycles. The van der Waals surface area contributed by atoms with E-state index in [9.17, 15) is 8.42 Å². The smallest absolute Gasteiger partial charge is 0.240 e. The van der Waals surface area contributed by atoms with E-state index in [0.717, 1.165) is 12.8 Å². The van der Waals surface area contributed by atoms with E-state index in [0.29, 0.717) is 18.2 Å². The first-order valence-electron chi connectivity index (χ1n) is 5.95. The average molecular weight is 271 g/mol. The van der Waals surface area contributed by atoms with Crippen LogP contribution in [0, 0.1) is 5.92 Å². The van der Waals surface area contributed by atoms with Crippen molar-refractivity contribution in [2.24, 2.45) is 5.92 Å². The zero-order valence-corrected chi connectivity index (χ0v) is 10.8. The van der Waals surface area contributed by atoms with E-state index in [1.807, 2.05) is 0 Å². The van der Waals surface area contributed by atoms with E-state index in [2.05, 4.69) is 4.72 Å². The van der Waals surface area contributed by atoms with Gasteiger partial charge in [-0.2, -0.15) is 0 Å². The van der Waals surface area contributed by atoms with Crippen molar-refractivity contribution in [1.82, 2.24) is 4.72 Å². The SMILES string of the molecule is O=S(=O)(NCC1CC1)c1ccc(OCCO)cc1. The predicted molar refractivity (Wildman–Crippen MR) is 66.9 cm³/mol. The number of hydrogen-bond donors (Lipinski definition) is 2. The Kier molecular flexibility index (Phi) is 4.21. The summed E-state index contributed by atoms with van der Waals surface area (Å²) in [7, 11) is -3.41. The van der Waals surface area contributed by atoms with Gasteiger partial charge >= 0.3 is 0 Å². The molecule has 2 N–H and O–H groups in total. The first kappa shape index (κ1) is 13.3. The molecule has 1 aromatic carbocycles. The maximum absolute atomic E-state index is 11.9.